The number of carbonyl (C=O) groups excluding carboxylic acids is 3. The van der Waals surface area contributed by atoms with Crippen LogP contribution in [-0.2, 0) is 20.8 Å². The summed E-state index contributed by atoms with van der Waals surface area (Å²) >= 11 is 1.36. The van der Waals surface area contributed by atoms with Crippen LogP contribution < -0.4 is 15.5 Å². The summed E-state index contributed by atoms with van der Waals surface area (Å²) in [7, 11) is 0. The molecule has 1 aliphatic heterocycles. The van der Waals surface area contributed by atoms with Crippen molar-refractivity contribution < 1.29 is 14.4 Å². The molecule has 0 bridgehead atoms. The lowest BCUT2D eigenvalue weighted by atomic mass is 10.1. The molecule has 146 valence electrons. The molecule has 8 nitrogen and oxygen atoms in total. The van der Waals surface area contributed by atoms with Crippen LogP contribution >= 0.6 is 11.3 Å². The van der Waals surface area contributed by atoms with E-state index in [-0.39, 0.29) is 43.3 Å². The SMILES string of the molecule is O=C(CNC(=O)C1CC(=O)N(c2nnc(Cc3ccccc3)s2)C1)NC1CC1. The van der Waals surface area contributed by atoms with Gasteiger partial charge in [0.15, 0.2) is 0 Å². The van der Waals surface area contributed by atoms with Crippen molar-refractivity contribution in [2.24, 2.45) is 5.92 Å². The summed E-state index contributed by atoms with van der Waals surface area (Å²) in [4.78, 5) is 37.9. The Balaban J connectivity index is 1.31. The Labute approximate surface area is 166 Å². The number of nitrogens with zero attached hydrogens (tertiary/aromatic N) is 3. The molecule has 0 spiro atoms. The Bertz CT molecular complexity index is 881. The number of amides is 3. The molecular weight excluding hydrogens is 378 g/mol. The standard InChI is InChI=1S/C19H21N5O3S/c25-15(21-14-6-7-14)10-20-18(27)13-9-17(26)24(11-13)19-23-22-16(28-19)8-12-4-2-1-3-5-12/h1-5,13-14H,6-11H2,(H,20,27)(H,21,25). The quantitative estimate of drug-likeness (QED) is 0.719. The first kappa shape index (κ1) is 18.5. The van der Waals surface area contributed by atoms with E-state index in [9.17, 15) is 14.4 Å². The van der Waals surface area contributed by atoms with Crippen molar-refractivity contribution in [3.8, 4) is 0 Å². The second-order valence-electron chi connectivity index (χ2n) is 7.11. The molecule has 1 aliphatic carbocycles. The van der Waals surface area contributed by atoms with Crippen LogP contribution in [0.3, 0.4) is 0 Å². The fourth-order valence-corrected chi connectivity index (χ4v) is 3.98. The molecule has 28 heavy (non-hydrogen) atoms. The molecule has 2 aliphatic rings. The molecule has 2 aromatic rings. The van der Waals surface area contributed by atoms with E-state index in [0.29, 0.717) is 11.6 Å². The first-order valence-electron chi connectivity index (χ1n) is 9.32. The third-order valence-electron chi connectivity index (χ3n) is 4.75. The van der Waals surface area contributed by atoms with E-state index in [1.165, 1.54) is 16.2 Å². The van der Waals surface area contributed by atoms with Crippen LogP contribution in [0.25, 0.3) is 0 Å². The van der Waals surface area contributed by atoms with Gasteiger partial charge >= 0.3 is 0 Å². The van der Waals surface area contributed by atoms with Gasteiger partial charge in [-0.3, -0.25) is 19.3 Å². The highest BCUT2D eigenvalue weighted by Crippen LogP contribution is 2.28. The van der Waals surface area contributed by atoms with E-state index in [1.807, 2.05) is 30.3 Å². The number of aromatic nitrogens is 2. The number of benzene rings is 1. The van der Waals surface area contributed by atoms with Gasteiger partial charge in [-0.1, -0.05) is 41.7 Å². The third kappa shape index (κ3) is 4.53. The van der Waals surface area contributed by atoms with Crippen molar-refractivity contribution in [3.05, 3.63) is 40.9 Å². The van der Waals surface area contributed by atoms with Crippen LogP contribution in [0.15, 0.2) is 30.3 Å². The van der Waals surface area contributed by atoms with Crippen LogP contribution in [0.4, 0.5) is 5.13 Å². The zero-order valence-electron chi connectivity index (χ0n) is 15.3. The fourth-order valence-electron chi connectivity index (χ4n) is 3.08. The number of rotatable bonds is 7. The van der Waals surface area contributed by atoms with Crippen molar-refractivity contribution in [2.75, 3.05) is 18.0 Å². The van der Waals surface area contributed by atoms with Crippen LogP contribution in [0, 0.1) is 5.92 Å². The van der Waals surface area contributed by atoms with Crippen molar-refractivity contribution in [2.45, 2.75) is 31.7 Å². The number of anilines is 1. The predicted octanol–water partition coefficient (Wildman–Crippen LogP) is 0.877. The van der Waals surface area contributed by atoms with Gasteiger partial charge in [-0.05, 0) is 18.4 Å². The van der Waals surface area contributed by atoms with Crippen molar-refractivity contribution in [1.82, 2.24) is 20.8 Å². The van der Waals surface area contributed by atoms with E-state index in [0.717, 1.165) is 23.4 Å². The minimum absolute atomic E-state index is 0.0555. The Hall–Kier alpha value is -2.81. The van der Waals surface area contributed by atoms with Gasteiger partial charge in [0.25, 0.3) is 0 Å². The Morgan fingerprint density at radius 1 is 1.18 bits per heavy atom. The van der Waals surface area contributed by atoms with Crippen LogP contribution in [0.1, 0.15) is 29.8 Å². The average molecular weight is 399 g/mol. The molecule has 1 saturated heterocycles. The van der Waals surface area contributed by atoms with Gasteiger partial charge in [0, 0.05) is 25.4 Å². The van der Waals surface area contributed by atoms with Gasteiger partial charge in [0.2, 0.25) is 22.9 Å². The van der Waals surface area contributed by atoms with Crippen LogP contribution in [0.2, 0.25) is 0 Å². The minimum Gasteiger partial charge on any atom is -0.352 e. The van der Waals surface area contributed by atoms with E-state index in [1.54, 1.807) is 0 Å². The second-order valence-corrected chi connectivity index (χ2v) is 8.15. The zero-order chi connectivity index (χ0) is 19.5. The monoisotopic (exact) mass is 399 g/mol. The number of hydrogen-bond donors (Lipinski definition) is 2. The molecule has 3 amide bonds. The zero-order valence-corrected chi connectivity index (χ0v) is 16.1. The lowest BCUT2D eigenvalue weighted by Gasteiger charge is -2.12. The second kappa shape index (κ2) is 8.05. The maximum atomic E-state index is 12.4. The highest BCUT2D eigenvalue weighted by atomic mass is 32.1. The molecule has 2 N–H and O–H groups in total. The summed E-state index contributed by atoms with van der Waals surface area (Å²) in [5.74, 6) is -1.10. The van der Waals surface area contributed by atoms with E-state index in [2.05, 4.69) is 20.8 Å². The third-order valence-corrected chi connectivity index (χ3v) is 5.69. The lowest BCUT2D eigenvalue weighted by Crippen LogP contribution is -2.40. The molecule has 1 unspecified atom stereocenters. The molecule has 4 rings (SSSR count). The van der Waals surface area contributed by atoms with E-state index in [4.69, 9.17) is 0 Å². The van der Waals surface area contributed by atoms with Crippen molar-refractivity contribution in [3.63, 3.8) is 0 Å². The fraction of sp³-hybridized carbons (Fsp3) is 0.421. The summed E-state index contributed by atoms with van der Waals surface area (Å²) in [5, 5.41) is 15.1. The summed E-state index contributed by atoms with van der Waals surface area (Å²) in [6.07, 6.45) is 2.77. The van der Waals surface area contributed by atoms with Gasteiger partial charge < -0.3 is 10.6 Å². The van der Waals surface area contributed by atoms with Crippen molar-refractivity contribution >= 4 is 34.2 Å². The van der Waals surface area contributed by atoms with Crippen LogP contribution in [-0.4, -0.2) is 47.1 Å². The van der Waals surface area contributed by atoms with E-state index >= 15 is 0 Å². The first-order chi connectivity index (χ1) is 13.6. The number of carbonyl (C=O) groups is 3. The molecule has 1 aromatic heterocycles. The molecule has 1 saturated carbocycles. The van der Waals surface area contributed by atoms with Crippen LogP contribution in [0.5, 0.6) is 0 Å². The smallest absolute Gasteiger partial charge is 0.239 e. The maximum Gasteiger partial charge on any atom is 0.239 e. The highest BCUT2D eigenvalue weighted by Gasteiger charge is 2.37. The lowest BCUT2D eigenvalue weighted by molar-refractivity contribution is -0.129. The molecule has 0 radical (unpaired) electrons. The normalized spacial score (nSPS) is 18.9. The topological polar surface area (TPSA) is 104 Å². The van der Waals surface area contributed by atoms with Crippen molar-refractivity contribution in [1.29, 1.82) is 0 Å². The Morgan fingerprint density at radius 2 is 1.96 bits per heavy atom. The molecule has 2 heterocycles. The van der Waals surface area contributed by atoms with Gasteiger partial charge in [0.05, 0.1) is 12.5 Å². The summed E-state index contributed by atoms with van der Waals surface area (Å²) < 4.78 is 0. The summed E-state index contributed by atoms with van der Waals surface area (Å²) in [6.45, 7) is 0.203. The summed E-state index contributed by atoms with van der Waals surface area (Å²) in [5.41, 5.74) is 1.12. The minimum atomic E-state index is -0.484. The number of nitrogens with one attached hydrogen (secondary N) is 2. The van der Waals surface area contributed by atoms with Gasteiger partial charge in [0.1, 0.15) is 5.01 Å². The Kier molecular flexibility index (Phi) is 5.34. The average Bonchev–Trinajstić information content (AvgIpc) is 3.23. The van der Waals surface area contributed by atoms with Gasteiger partial charge in [-0.25, -0.2) is 0 Å². The highest BCUT2D eigenvalue weighted by molar-refractivity contribution is 7.15. The molecule has 1 aromatic carbocycles. The molecule has 1 atom stereocenters. The van der Waals surface area contributed by atoms with Gasteiger partial charge in [-0.15, -0.1) is 10.2 Å². The Morgan fingerprint density at radius 3 is 2.71 bits per heavy atom. The number of hydrogen-bond acceptors (Lipinski definition) is 6. The molecule has 2 fully saturated rings. The largest absolute Gasteiger partial charge is 0.352 e. The van der Waals surface area contributed by atoms with E-state index < -0.39 is 5.92 Å². The molecular formula is C19H21N5O3S. The molecule has 9 heteroatoms. The summed E-state index contributed by atoms with van der Waals surface area (Å²) in [6, 6.07) is 10.2. The predicted molar refractivity (Wildman–Crippen MR) is 104 cm³/mol. The van der Waals surface area contributed by atoms with Gasteiger partial charge in [-0.2, -0.15) is 0 Å². The first-order valence-corrected chi connectivity index (χ1v) is 10.1. The maximum absolute atomic E-state index is 12.4.